The van der Waals surface area contributed by atoms with Gasteiger partial charge in [0.2, 0.25) is 5.91 Å². The van der Waals surface area contributed by atoms with E-state index in [4.69, 9.17) is 5.73 Å². The van der Waals surface area contributed by atoms with E-state index < -0.39 is 0 Å². The Morgan fingerprint density at radius 3 is 2.44 bits per heavy atom. The summed E-state index contributed by atoms with van der Waals surface area (Å²) in [5.41, 5.74) is 7.21. The van der Waals surface area contributed by atoms with Crippen molar-refractivity contribution in [2.24, 2.45) is 17.1 Å². The largest absolute Gasteiger partial charge is 0.369 e. The molecule has 2 aliphatic rings. The molecule has 1 aromatic carbocycles. The number of carbonyl (C=O) groups excluding carboxylic acids is 1. The molecule has 2 atom stereocenters. The first kappa shape index (κ1) is 9.88. The summed E-state index contributed by atoms with van der Waals surface area (Å²) in [7, 11) is 0. The van der Waals surface area contributed by atoms with Gasteiger partial charge in [0.1, 0.15) is 0 Å². The van der Waals surface area contributed by atoms with E-state index in [0.717, 1.165) is 6.42 Å². The summed E-state index contributed by atoms with van der Waals surface area (Å²) in [6, 6.07) is 10.4. The topological polar surface area (TPSA) is 43.1 Å². The van der Waals surface area contributed by atoms with E-state index in [9.17, 15) is 4.79 Å². The van der Waals surface area contributed by atoms with Crippen molar-refractivity contribution in [3.63, 3.8) is 0 Å². The molecule has 0 heterocycles. The minimum Gasteiger partial charge on any atom is -0.369 e. The van der Waals surface area contributed by atoms with Crippen LogP contribution in [0.5, 0.6) is 0 Å². The Labute approximate surface area is 95.8 Å². The Balaban J connectivity index is 1.92. The summed E-state index contributed by atoms with van der Waals surface area (Å²) in [4.78, 5) is 11.4. The van der Waals surface area contributed by atoms with Crippen molar-refractivity contribution in [2.75, 3.05) is 0 Å². The van der Waals surface area contributed by atoms with Crippen molar-refractivity contribution < 1.29 is 4.79 Å². The standard InChI is InChI=1S/C14H17NO/c15-13(16)11-9-14(7-4-8-14)12(11)10-5-2-1-3-6-10/h1-3,5-6,11-12H,4,7-9H2,(H2,15,16). The predicted molar refractivity (Wildman–Crippen MR) is 62.8 cm³/mol. The van der Waals surface area contributed by atoms with E-state index in [2.05, 4.69) is 24.3 Å². The fourth-order valence-electron chi connectivity index (χ4n) is 3.61. The normalized spacial score (nSPS) is 30.5. The van der Waals surface area contributed by atoms with Gasteiger partial charge in [0, 0.05) is 11.8 Å². The smallest absolute Gasteiger partial charge is 0.221 e. The molecule has 2 heteroatoms. The highest BCUT2D eigenvalue weighted by Gasteiger charge is 2.58. The minimum atomic E-state index is -0.119. The third kappa shape index (κ3) is 1.22. The van der Waals surface area contributed by atoms with E-state index in [0.29, 0.717) is 11.3 Å². The number of rotatable bonds is 2. The van der Waals surface area contributed by atoms with Crippen molar-refractivity contribution in [1.29, 1.82) is 0 Å². The Bertz CT molecular complexity index is 408. The number of benzene rings is 1. The molecular formula is C14H17NO. The van der Waals surface area contributed by atoms with Gasteiger partial charge in [0.15, 0.2) is 0 Å². The third-order valence-electron chi connectivity index (χ3n) is 4.56. The van der Waals surface area contributed by atoms with Gasteiger partial charge in [0.05, 0.1) is 0 Å². The molecule has 0 aliphatic heterocycles. The molecule has 0 aromatic heterocycles. The second kappa shape index (κ2) is 3.34. The monoisotopic (exact) mass is 215 g/mol. The molecule has 84 valence electrons. The van der Waals surface area contributed by atoms with Crippen LogP contribution in [0.3, 0.4) is 0 Å². The van der Waals surface area contributed by atoms with E-state index in [1.165, 1.54) is 24.8 Å². The van der Waals surface area contributed by atoms with Gasteiger partial charge in [-0.25, -0.2) is 0 Å². The van der Waals surface area contributed by atoms with Crippen LogP contribution in [0.15, 0.2) is 30.3 Å². The first-order valence-corrected chi connectivity index (χ1v) is 6.07. The van der Waals surface area contributed by atoms with Gasteiger partial charge in [-0.15, -0.1) is 0 Å². The molecule has 2 unspecified atom stereocenters. The zero-order valence-electron chi connectivity index (χ0n) is 9.36. The molecule has 2 fully saturated rings. The second-order valence-electron chi connectivity index (χ2n) is 5.32. The molecule has 1 aromatic rings. The molecule has 0 bridgehead atoms. The van der Waals surface area contributed by atoms with E-state index in [1.54, 1.807) is 0 Å². The van der Waals surface area contributed by atoms with Crippen molar-refractivity contribution in [1.82, 2.24) is 0 Å². The van der Waals surface area contributed by atoms with Crippen LogP contribution in [-0.2, 0) is 4.79 Å². The Morgan fingerprint density at radius 2 is 1.94 bits per heavy atom. The maximum Gasteiger partial charge on any atom is 0.221 e. The van der Waals surface area contributed by atoms with Crippen molar-refractivity contribution in [3.05, 3.63) is 35.9 Å². The average molecular weight is 215 g/mol. The SMILES string of the molecule is NC(=O)C1CC2(CCC2)C1c1ccccc1. The molecular weight excluding hydrogens is 198 g/mol. The number of nitrogens with two attached hydrogens (primary N) is 1. The summed E-state index contributed by atoms with van der Waals surface area (Å²) < 4.78 is 0. The molecule has 2 saturated carbocycles. The van der Waals surface area contributed by atoms with Crippen molar-refractivity contribution >= 4 is 5.91 Å². The highest BCUT2D eigenvalue weighted by Crippen LogP contribution is 2.66. The van der Waals surface area contributed by atoms with Crippen LogP contribution in [0.4, 0.5) is 0 Å². The zero-order chi connectivity index (χ0) is 11.2. The quantitative estimate of drug-likeness (QED) is 0.809. The average Bonchev–Trinajstić information content (AvgIpc) is 2.15. The lowest BCUT2D eigenvalue weighted by atomic mass is 9.44. The lowest BCUT2D eigenvalue weighted by molar-refractivity contribution is -0.138. The summed E-state index contributed by atoms with van der Waals surface area (Å²) >= 11 is 0. The number of hydrogen-bond acceptors (Lipinski definition) is 1. The summed E-state index contributed by atoms with van der Waals surface area (Å²) in [6.07, 6.45) is 4.88. The molecule has 1 spiro atoms. The Morgan fingerprint density at radius 1 is 1.25 bits per heavy atom. The molecule has 16 heavy (non-hydrogen) atoms. The van der Waals surface area contributed by atoms with Gasteiger partial charge in [-0.2, -0.15) is 0 Å². The van der Waals surface area contributed by atoms with E-state index in [1.807, 2.05) is 6.07 Å². The van der Waals surface area contributed by atoms with Crippen LogP contribution < -0.4 is 5.73 Å². The number of amides is 1. The fraction of sp³-hybridized carbons (Fsp3) is 0.500. The Hall–Kier alpha value is -1.31. The van der Waals surface area contributed by atoms with Crippen LogP contribution >= 0.6 is 0 Å². The predicted octanol–water partition coefficient (Wildman–Crippen LogP) is 2.45. The zero-order valence-corrected chi connectivity index (χ0v) is 9.36. The van der Waals surface area contributed by atoms with Crippen LogP contribution in [0.25, 0.3) is 0 Å². The molecule has 1 amide bonds. The van der Waals surface area contributed by atoms with Gasteiger partial charge >= 0.3 is 0 Å². The first-order chi connectivity index (χ1) is 7.73. The number of carbonyl (C=O) groups is 1. The van der Waals surface area contributed by atoms with Crippen LogP contribution in [0.2, 0.25) is 0 Å². The highest BCUT2D eigenvalue weighted by molar-refractivity contribution is 5.79. The summed E-state index contributed by atoms with van der Waals surface area (Å²) in [5, 5.41) is 0. The molecule has 2 aliphatic carbocycles. The molecule has 0 saturated heterocycles. The summed E-state index contributed by atoms with van der Waals surface area (Å²) in [5.74, 6) is 0.342. The number of primary amides is 1. The second-order valence-corrected chi connectivity index (χ2v) is 5.32. The van der Waals surface area contributed by atoms with E-state index >= 15 is 0 Å². The van der Waals surface area contributed by atoms with Crippen molar-refractivity contribution in [3.8, 4) is 0 Å². The maximum atomic E-state index is 11.4. The van der Waals surface area contributed by atoms with Gasteiger partial charge in [-0.3, -0.25) is 4.79 Å². The third-order valence-corrected chi connectivity index (χ3v) is 4.56. The van der Waals surface area contributed by atoms with Gasteiger partial charge in [-0.05, 0) is 30.2 Å². The van der Waals surface area contributed by atoms with E-state index in [-0.39, 0.29) is 11.8 Å². The van der Waals surface area contributed by atoms with Crippen LogP contribution in [0.1, 0.15) is 37.2 Å². The van der Waals surface area contributed by atoms with Gasteiger partial charge in [0.25, 0.3) is 0 Å². The summed E-state index contributed by atoms with van der Waals surface area (Å²) in [6.45, 7) is 0. The lowest BCUT2D eigenvalue weighted by Gasteiger charge is -2.60. The number of hydrogen-bond donors (Lipinski definition) is 1. The highest BCUT2D eigenvalue weighted by atomic mass is 16.1. The minimum absolute atomic E-state index is 0.0719. The van der Waals surface area contributed by atoms with Gasteiger partial charge < -0.3 is 5.73 Å². The van der Waals surface area contributed by atoms with Crippen LogP contribution in [0, 0.1) is 11.3 Å². The maximum absolute atomic E-state index is 11.4. The molecule has 2 nitrogen and oxygen atoms in total. The lowest BCUT2D eigenvalue weighted by Crippen LogP contribution is -2.54. The van der Waals surface area contributed by atoms with Gasteiger partial charge in [-0.1, -0.05) is 36.8 Å². The molecule has 0 radical (unpaired) electrons. The molecule has 3 rings (SSSR count). The first-order valence-electron chi connectivity index (χ1n) is 6.07. The molecule has 2 N–H and O–H groups in total. The van der Waals surface area contributed by atoms with Crippen LogP contribution in [-0.4, -0.2) is 5.91 Å². The van der Waals surface area contributed by atoms with Crippen molar-refractivity contribution in [2.45, 2.75) is 31.6 Å². The Kier molecular flexibility index (Phi) is 2.06. The fourth-order valence-corrected chi connectivity index (χ4v) is 3.61.